The van der Waals surface area contributed by atoms with Crippen LogP contribution in [0.4, 0.5) is 0 Å². The minimum atomic E-state index is -0.556. The Balaban J connectivity index is 1.53. The fourth-order valence-corrected chi connectivity index (χ4v) is 4.62. The molecule has 1 N–H and O–H groups in total. The normalized spacial score (nSPS) is 17.7. The summed E-state index contributed by atoms with van der Waals surface area (Å²) in [6.45, 7) is 2.94. The number of carbonyl (C=O) groups is 2. The summed E-state index contributed by atoms with van der Waals surface area (Å²) in [4.78, 5) is 31.2. The van der Waals surface area contributed by atoms with Gasteiger partial charge in [0, 0.05) is 60.3 Å². The number of nitrogens with one attached hydrogen (secondary N) is 1. The second-order valence-electron chi connectivity index (χ2n) is 7.91. The average Bonchev–Trinajstić information content (AvgIpc) is 3.26. The van der Waals surface area contributed by atoms with Crippen LogP contribution in [-0.4, -0.2) is 61.2 Å². The lowest BCUT2D eigenvalue weighted by atomic mass is 9.97. The maximum atomic E-state index is 13.0. The van der Waals surface area contributed by atoms with E-state index in [0.29, 0.717) is 41.4 Å². The highest BCUT2D eigenvalue weighted by Crippen LogP contribution is 2.43. The van der Waals surface area contributed by atoms with Crippen LogP contribution in [0, 0.1) is 0 Å². The molecule has 2 aliphatic heterocycles. The molecule has 1 fully saturated rings. The molecule has 5 rings (SSSR count). The molecule has 2 aromatic carbocycles. The number of aromatic nitrogens is 1. The van der Waals surface area contributed by atoms with Crippen LogP contribution >= 0.6 is 11.6 Å². The highest BCUT2D eigenvalue weighted by Gasteiger charge is 2.35. The van der Waals surface area contributed by atoms with Gasteiger partial charge in [-0.2, -0.15) is 0 Å². The number of hydrogen-bond acceptors (Lipinski definition) is 6. The number of ether oxygens (including phenoxy) is 2. The van der Waals surface area contributed by atoms with Gasteiger partial charge >= 0.3 is 5.97 Å². The van der Waals surface area contributed by atoms with E-state index in [9.17, 15) is 9.59 Å². The minimum absolute atomic E-state index is 0.00655. The number of halogens is 1. The Hall–Kier alpha value is -3.16. The number of benzene rings is 2. The molecule has 1 unspecified atom stereocenters. The van der Waals surface area contributed by atoms with E-state index in [2.05, 4.69) is 10.3 Å². The third-order valence-corrected chi connectivity index (χ3v) is 6.17. The standard InChI is InChI=1S/C24H22ClN3O4/c1-31-24(30)14-2-3-18-17(4-5-27-20(18)11-14)19-13-16(25)10-15-12-21(32-22(15)19)23(29)28-8-6-26-7-9-28/h2-5,10-11,13,21,26H,6-9,12H2,1H3. The lowest BCUT2D eigenvalue weighted by molar-refractivity contribution is -0.138. The van der Waals surface area contributed by atoms with Crippen molar-refractivity contribution >= 4 is 34.4 Å². The van der Waals surface area contributed by atoms with Crippen molar-refractivity contribution in [3.05, 3.63) is 58.7 Å². The first-order valence-corrected chi connectivity index (χ1v) is 10.9. The van der Waals surface area contributed by atoms with Crippen molar-refractivity contribution in [2.24, 2.45) is 0 Å². The zero-order chi connectivity index (χ0) is 22.2. The van der Waals surface area contributed by atoms with Crippen molar-refractivity contribution in [3.8, 4) is 16.9 Å². The number of hydrogen-bond donors (Lipinski definition) is 1. The number of pyridine rings is 1. The third kappa shape index (κ3) is 3.67. The Morgan fingerprint density at radius 1 is 1.16 bits per heavy atom. The molecule has 1 atom stereocenters. The molecule has 0 bridgehead atoms. The van der Waals surface area contributed by atoms with Crippen molar-refractivity contribution in [3.63, 3.8) is 0 Å². The van der Waals surface area contributed by atoms with E-state index < -0.39 is 12.1 Å². The van der Waals surface area contributed by atoms with Crippen LogP contribution < -0.4 is 10.1 Å². The number of esters is 1. The van der Waals surface area contributed by atoms with Gasteiger partial charge in [-0.25, -0.2) is 4.79 Å². The zero-order valence-corrected chi connectivity index (χ0v) is 18.3. The molecular weight excluding hydrogens is 430 g/mol. The van der Waals surface area contributed by atoms with Crippen LogP contribution in [0.1, 0.15) is 15.9 Å². The van der Waals surface area contributed by atoms with E-state index in [0.717, 1.165) is 35.2 Å². The summed E-state index contributed by atoms with van der Waals surface area (Å²) in [5.74, 6) is 0.264. The van der Waals surface area contributed by atoms with Gasteiger partial charge in [-0.05, 0) is 35.9 Å². The summed E-state index contributed by atoms with van der Waals surface area (Å²) in [6.07, 6.45) is 1.62. The molecule has 8 heteroatoms. The largest absolute Gasteiger partial charge is 0.479 e. The molecule has 0 saturated carbocycles. The van der Waals surface area contributed by atoms with Crippen LogP contribution in [0.5, 0.6) is 5.75 Å². The van der Waals surface area contributed by atoms with Gasteiger partial charge in [0.05, 0.1) is 18.2 Å². The van der Waals surface area contributed by atoms with Crippen LogP contribution in [0.2, 0.25) is 5.02 Å². The van der Waals surface area contributed by atoms with Gasteiger partial charge in [0.1, 0.15) is 5.75 Å². The molecule has 0 spiro atoms. The molecule has 1 saturated heterocycles. The van der Waals surface area contributed by atoms with Crippen molar-refractivity contribution in [2.45, 2.75) is 12.5 Å². The topological polar surface area (TPSA) is 80.8 Å². The van der Waals surface area contributed by atoms with Gasteiger partial charge in [-0.1, -0.05) is 17.7 Å². The molecule has 2 aliphatic rings. The predicted molar refractivity (Wildman–Crippen MR) is 121 cm³/mol. The quantitative estimate of drug-likeness (QED) is 0.616. The summed E-state index contributed by atoms with van der Waals surface area (Å²) >= 11 is 6.46. The Kier molecular flexibility index (Phi) is 5.45. The summed E-state index contributed by atoms with van der Waals surface area (Å²) in [5, 5.41) is 4.69. The van der Waals surface area contributed by atoms with E-state index in [4.69, 9.17) is 21.1 Å². The monoisotopic (exact) mass is 451 g/mol. The first-order valence-electron chi connectivity index (χ1n) is 10.5. The number of amides is 1. The van der Waals surface area contributed by atoms with E-state index in [1.165, 1.54) is 7.11 Å². The second kappa shape index (κ2) is 8.41. The maximum Gasteiger partial charge on any atom is 0.337 e. The number of nitrogens with zero attached hydrogens (tertiary/aromatic N) is 2. The van der Waals surface area contributed by atoms with E-state index in [1.54, 1.807) is 18.3 Å². The number of carbonyl (C=O) groups excluding carboxylic acids is 2. The Bertz CT molecular complexity index is 1220. The molecule has 164 valence electrons. The van der Waals surface area contributed by atoms with Crippen LogP contribution in [0.15, 0.2) is 42.6 Å². The molecule has 7 nitrogen and oxygen atoms in total. The van der Waals surface area contributed by atoms with Gasteiger partial charge in [-0.15, -0.1) is 0 Å². The van der Waals surface area contributed by atoms with Crippen molar-refractivity contribution in [1.82, 2.24) is 15.2 Å². The van der Waals surface area contributed by atoms with Crippen LogP contribution in [0.25, 0.3) is 22.0 Å². The lowest BCUT2D eigenvalue weighted by Crippen LogP contribution is -2.50. The number of fused-ring (bicyclic) bond motifs is 2. The van der Waals surface area contributed by atoms with Gasteiger partial charge in [0.25, 0.3) is 5.91 Å². The molecule has 0 radical (unpaired) electrons. The fraction of sp³-hybridized carbons (Fsp3) is 0.292. The van der Waals surface area contributed by atoms with Gasteiger partial charge in [-0.3, -0.25) is 9.78 Å². The number of rotatable bonds is 3. The molecule has 3 heterocycles. The zero-order valence-electron chi connectivity index (χ0n) is 17.6. The highest BCUT2D eigenvalue weighted by molar-refractivity contribution is 6.31. The van der Waals surface area contributed by atoms with Gasteiger partial charge in [0.15, 0.2) is 6.10 Å². The van der Waals surface area contributed by atoms with Gasteiger partial charge in [0.2, 0.25) is 0 Å². The van der Waals surface area contributed by atoms with E-state index in [1.807, 2.05) is 29.2 Å². The SMILES string of the molecule is COC(=O)c1ccc2c(-c3cc(Cl)cc4c3OC(C(=O)N3CCNCC3)C4)ccnc2c1. The molecule has 1 amide bonds. The Morgan fingerprint density at radius 2 is 1.97 bits per heavy atom. The van der Waals surface area contributed by atoms with Crippen molar-refractivity contribution in [2.75, 3.05) is 33.3 Å². The molecule has 1 aromatic heterocycles. The van der Waals surface area contributed by atoms with Gasteiger partial charge < -0.3 is 19.7 Å². The first-order chi connectivity index (χ1) is 15.5. The molecule has 3 aromatic rings. The van der Waals surface area contributed by atoms with E-state index in [-0.39, 0.29) is 5.91 Å². The predicted octanol–water partition coefficient (Wildman–Crippen LogP) is 3.08. The highest BCUT2D eigenvalue weighted by atomic mass is 35.5. The smallest absolute Gasteiger partial charge is 0.337 e. The molecule has 0 aliphatic carbocycles. The second-order valence-corrected chi connectivity index (χ2v) is 8.35. The number of piperazine rings is 1. The lowest BCUT2D eigenvalue weighted by Gasteiger charge is -2.29. The summed E-state index contributed by atoms with van der Waals surface area (Å²) in [7, 11) is 1.35. The van der Waals surface area contributed by atoms with Crippen LogP contribution in [0.3, 0.4) is 0 Å². The summed E-state index contributed by atoms with van der Waals surface area (Å²) in [6, 6.07) is 10.9. The Labute approximate surface area is 190 Å². The number of methoxy groups -OCH3 is 1. The molecule has 32 heavy (non-hydrogen) atoms. The first kappa shape index (κ1) is 20.7. The average molecular weight is 452 g/mol. The molecular formula is C24H22ClN3O4. The third-order valence-electron chi connectivity index (χ3n) is 5.95. The summed E-state index contributed by atoms with van der Waals surface area (Å²) < 4.78 is 11.0. The summed E-state index contributed by atoms with van der Waals surface area (Å²) in [5.41, 5.74) is 3.68. The maximum absolute atomic E-state index is 13.0. The fourth-order valence-electron chi connectivity index (χ4n) is 4.38. The Morgan fingerprint density at radius 3 is 2.75 bits per heavy atom. The minimum Gasteiger partial charge on any atom is -0.479 e. The van der Waals surface area contributed by atoms with Crippen molar-refractivity contribution < 1.29 is 19.1 Å². The van der Waals surface area contributed by atoms with Crippen LogP contribution in [-0.2, 0) is 16.0 Å². The van der Waals surface area contributed by atoms with E-state index >= 15 is 0 Å². The van der Waals surface area contributed by atoms with Crippen molar-refractivity contribution in [1.29, 1.82) is 0 Å².